The van der Waals surface area contributed by atoms with Crippen molar-refractivity contribution in [2.24, 2.45) is 0 Å². The van der Waals surface area contributed by atoms with Crippen molar-refractivity contribution < 1.29 is 41.1 Å². The Morgan fingerprint density at radius 3 is 2.09 bits per heavy atom. The summed E-state index contributed by atoms with van der Waals surface area (Å²) in [6.45, 7) is -2.53. The molecule has 0 spiro atoms. The molecule has 0 aliphatic heterocycles. The van der Waals surface area contributed by atoms with Crippen molar-refractivity contribution in [2.45, 2.75) is 24.9 Å². The van der Waals surface area contributed by atoms with Gasteiger partial charge >= 0.3 is 12.6 Å². The number of carbonyl (C=O) groups is 3. The van der Waals surface area contributed by atoms with E-state index in [4.69, 9.17) is 4.74 Å². The van der Waals surface area contributed by atoms with Gasteiger partial charge in [-0.25, -0.2) is 13.1 Å². The molecule has 0 aliphatic carbocycles. The van der Waals surface area contributed by atoms with Crippen LogP contribution in [0.2, 0.25) is 0 Å². The van der Waals surface area contributed by atoms with Gasteiger partial charge in [-0.05, 0) is 48.5 Å². The maximum Gasteiger partial charge on any atom is 0.387 e. The number of esters is 1. The maximum absolute atomic E-state index is 12.2. The molecule has 0 aromatic heterocycles. The second kappa shape index (κ2) is 11.9. The summed E-state index contributed by atoms with van der Waals surface area (Å²) in [5.74, 6) is -1.87. The van der Waals surface area contributed by atoms with Crippen molar-refractivity contribution in [3.05, 3.63) is 48.5 Å². The summed E-state index contributed by atoms with van der Waals surface area (Å²) >= 11 is 0. The standard InChI is InChI=1S/C20H21F2N3O7S/c1-13(26)24-14-4-8-17(9-5-14)33(29,30)23-11-10-19(28)31-12-18(27)25-15-2-6-16(7-3-15)32-20(21)22/h2-9,20,23H,10-12H2,1H3,(H,24,26)(H,25,27). The number of sulfonamides is 1. The van der Waals surface area contributed by atoms with Gasteiger partial charge in [0.2, 0.25) is 15.9 Å². The SMILES string of the molecule is CC(=O)Nc1ccc(S(=O)(=O)NCCC(=O)OCC(=O)Nc2ccc(OC(F)F)cc2)cc1. The lowest BCUT2D eigenvalue weighted by atomic mass is 10.3. The first-order valence-electron chi connectivity index (χ1n) is 9.43. The molecule has 0 saturated carbocycles. The second-order valence-electron chi connectivity index (χ2n) is 6.47. The minimum absolute atomic E-state index is 0.0608. The molecular formula is C20H21F2N3O7S. The zero-order chi connectivity index (χ0) is 24.4. The Hall–Kier alpha value is -3.58. The van der Waals surface area contributed by atoms with Crippen LogP contribution in [0.15, 0.2) is 53.4 Å². The van der Waals surface area contributed by atoms with Gasteiger partial charge in [-0.15, -0.1) is 0 Å². The fraction of sp³-hybridized carbons (Fsp3) is 0.250. The normalized spacial score (nSPS) is 11.0. The molecule has 13 heteroatoms. The smallest absolute Gasteiger partial charge is 0.387 e. The monoisotopic (exact) mass is 485 g/mol. The van der Waals surface area contributed by atoms with Gasteiger partial charge in [0.25, 0.3) is 5.91 Å². The largest absolute Gasteiger partial charge is 0.456 e. The van der Waals surface area contributed by atoms with E-state index in [9.17, 15) is 31.6 Å². The summed E-state index contributed by atoms with van der Waals surface area (Å²) in [5, 5.41) is 4.91. The molecule has 0 atom stereocenters. The van der Waals surface area contributed by atoms with Crippen LogP contribution in [0.4, 0.5) is 20.2 Å². The third-order valence-corrected chi connectivity index (χ3v) is 5.31. The number of carbonyl (C=O) groups excluding carboxylic acids is 3. The van der Waals surface area contributed by atoms with E-state index >= 15 is 0 Å². The zero-order valence-corrected chi connectivity index (χ0v) is 18.2. The predicted octanol–water partition coefficient (Wildman–Crippen LogP) is 2.10. The van der Waals surface area contributed by atoms with Crippen LogP contribution in [0.5, 0.6) is 5.75 Å². The summed E-state index contributed by atoms with van der Waals surface area (Å²) < 4.78 is 59.9. The molecule has 0 bridgehead atoms. The highest BCUT2D eigenvalue weighted by Gasteiger charge is 2.15. The van der Waals surface area contributed by atoms with Gasteiger partial charge in [0.1, 0.15) is 5.75 Å². The molecule has 0 fully saturated rings. The number of rotatable bonds is 11. The van der Waals surface area contributed by atoms with Crippen LogP contribution in [0, 0.1) is 0 Å². The summed E-state index contributed by atoms with van der Waals surface area (Å²) in [4.78, 5) is 34.5. The Morgan fingerprint density at radius 1 is 0.939 bits per heavy atom. The van der Waals surface area contributed by atoms with Crippen LogP contribution in [0.3, 0.4) is 0 Å². The molecular weight excluding hydrogens is 464 g/mol. The first-order chi connectivity index (χ1) is 15.5. The molecule has 10 nitrogen and oxygen atoms in total. The third kappa shape index (κ3) is 9.21. The Bertz CT molecular complexity index is 1080. The summed E-state index contributed by atoms with van der Waals surface area (Å²) in [7, 11) is -3.89. The molecule has 2 aromatic carbocycles. The van der Waals surface area contributed by atoms with Gasteiger partial charge in [-0.3, -0.25) is 14.4 Å². The molecule has 2 amide bonds. The van der Waals surface area contributed by atoms with Crippen molar-refractivity contribution in [1.82, 2.24) is 4.72 Å². The molecule has 3 N–H and O–H groups in total. The highest BCUT2D eigenvalue weighted by Crippen LogP contribution is 2.17. The lowest BCUT2D eigenvalue weighted by molar-refractivity contribution is -0.147. The fourth-order valence-corrected chi connectivity index (χ4v) is 3.46. The minimum Gasteiger partial charge on any atom is -0.456 e. The highest BCUT2D eigenvalue weighted by molar-refractivity contribution is 7.89. The first-order valence-corrected chi connectivity index (χ1v) is 10.9. The van der Waals surface area contributed by atoms with Gasteiger partial charge in [0.05, 0.1) is 11.3 Å². The van der Waals surface area contributed by atoms with E-state index in [2.05, 4.69) is 20.1 Å². The summed E-state index contributed by atoms with van der Waals surface area (Å²) in [5.41, 5.74) is 0.704. The lowest BCUT2D eigenvalue weighted by Crippen LogP contribution is -2.28. The number of anilines is 2. The molecule has 0 radical (unpaired) electrons. The Morgan fingerprint density at radius 2 is 1.52 bits per heavy atom. The molecule has 0 heterocycles. The molecule has 0 aliphatic rings. The summed E-state index contributed by atoms with van der Waals surface area (Å²) in [6.07, 6.45) is -0.323. The van der Waals surface area contributed by atoms with Crippen LogP contribution in [0.25, 0.3) is 0 Å². The van der Waals surface area contributed by atoms with Gasteiger partial charge in [-0.2, -0.15) is 8.78 Å². The number of hydrogen-bond donors (Lipinski definition) is 3. The topological polar surface area (TPSA) is 140 Å². The van der Waals surface area contributed by atoms with Crippen molar-refractivity contribution in [1.29, 1.82) is 0 Å². The molecule has 2 aromatic rings. The van der Waals surface area contributed by atoms with Crippen LogP contribution in [0.1, 0.15) is 13.3 Å². The van der Waals surface area contributed by atoms with Crippen molar-refractivity contribution in [2.75, 3.05) is 23.8 Å². The van der Waals surface area contributed by atoms with E-state index < -0.39 is 35.1 Å². The van der Waals surface area contributed by atoms with Crippen LogP contribution in [-0.2, 0) is 29.1 Å². The number of nitrogens with one attached hydrogen (secondary N) is 3. The number of ether oxygens (including phenoxy) is 2. The molecule has 178 valence electrons. The van der Waals surface area contributed by atoms with E-state index in [1.165, 1.54) is 55.5 Å². The average Bonchev–Trinajstić information content (AvgIpc) is 2.73. The minimum atomic E-state index is -3.89. The highest BCUT2D eigenvalue weighted by atomic mass is 32.2. The Labute approximate surface area is 188 Å². The van der Waals surface area contributed by atoms with Gasteiger partial charge < -0.3 is 20.1 Å². The van der Waals surface area contributed by atoms with Crippen LogP contribution in [-0.4, -0.2) is 46.0 Å². The quantitative estimate of drug-likeness (QED) is 0.414. The third-order valence-electron chi connectivity index (χ3n) is 3.83. The fourth-order valence-electron chi connectivity index (χ4n) is 2.43. The van der Waals surface area contributed by atoms with Crippen LogP contribution < -0.4 is 20.1 Å². The number of amides is 2. The van der Waals surface area contributed by atoms with E-state index in [0.29, 0.717) is 5.69 Å². The Kier molecular flexibility index (Phi) is 9.24. The summed E-state index contributed by atoms with van der Waals surface area (Å²) in [6, 6.07) is 10.5. The van der Waals surface area contributed by atoms with Crippen molar-refractivity contribution >= 4 is 39.2 Å². The van der Waals surface area contributed by atoms with E-state index in [-0.39, 0.29) is 35.2 Å². The van der Waals surface area contributed by atoms with Crippen molar-refractivity contribution in [3.63, 3.8) is 0 Å². The van der Waals surface area contributed by atoms with Crippen LogP contribution >= 0.6 is 0 Å². The lowest BCUT2D eigenvalue weighted by Gasteiger charge is -2.09. The average molecular weight is 485 g/mol. The van der Waals surface area contributed by atoms with E-state index in [1.807, 2.05) is 0 Å². The number of hydrogen-bond acceptors (Lipinski definition) is 7. The van der Waals surface area contributed by atoms with Gasteiger partial charge in [-0.1, -0.05) is 0 Å². The van der Waals surface area contributed by atoms with E-state index in [1.54, 1.807) is 0 Å². The van der Waals surface area contributed by atoms with E-state index in [0.717, 1.165) is 0 Å². The second-order valence-corrected chi connectivity index (χ2v) is 8.23. The molecule has 33 heavy (non-hydrogen) atoms. The first kappa shape index (κ1) is 25.7. The molecule has 0 unspecified atom stereocenters. The van der Waals surface area contributed by atoms with Gasteiger partial charge in [0, 0.05) is 24.8 Å². The maximum atomic E-state index is 12.2. The Balaban J connectivity index is 1.72. The zero-order valence-electron chi connectivity index (χ0n) is 17.3. The number of alkyl halides is 2. The number of benzene rings is 2. The van der Waals surface area contributed by atoms with Crippen molar-refractivity contribution in [3.8, 4) is 5.75 Å². The van der Waals surface area contributed by atoms with Gasteiger partial charge in [0.15, 0.2) is 6.61 Å². The predicted molar refractivity (Wildman–Crippen MR) is 113 cm³/mol. The number of halogens is 2. The molecule has 2 rings (SSSR count). The molecule has 0 saturated heterocycles.